The van der Waals surface area contributed by atoms with Crippen LogP contribution in [0.2, 0.25) is 0 Å². The van der Waals surface area contributed by atoms with Crippen molar-refractivity contribution in [3.8, 4) is 0 Å². The third-order valence-corrected chi connectivity index (χ3v) is 4.18. The molecule has 0 N–H and O–H groups in total. The van der Waals surface area contributed by atoms with Crippen molar-refractivity contribution in [2.24, 2.45) is 0 Å². The molecule has 0 saturated heterocycles. The lowest BCUT2D eigenvalue weighted by Crippen LogP contribution is -1.95. The zero-order chi connectivity index (χ0) is 16.8. The van der Waals surface area contributed by atoms with Gasteiger partial charge >= 0.3 is 0 Å². The van der Waals surface area contributed by atoms with Crippen LogP contribution < -0.4 is 0 Å². The molecular formula is C23H20O. The molecule has 0 bridgehead atoms. The zero-order valence-corrected chi connectivity index (χ0v) is 13.8. The van der Waals surface area contributed by atoms with E-state index < -0.39 is 0 Å². The average molecular weight is 312 g/mol. The molecule has 0 aliphatic carbocycles. The Morgan fingerprint density at radius 1 is 0.708 bits per heavy atom. The van der Waals surface area contributed by atoms with Crippen molar-refractivity contribution in [2.75, 3.05) is 0 Å². The minimum Gasteiger partial charge on any atom is -0.298 e. The van der Waals surface area contributed by atoms with E-state index in [2.05, 4.69) is 55.5 Å². The van der Waals surface area contributed by atoms with Crippen molar-refractivity contribution in [3.63, 3.8) is 0 Å². The van der Waals surface area contributed by atoms with E-state index in [1.165, 1.54) is 22.3 Å². The van der Waals surface area contributed by atoms with E-state index in [9.17, 15) is 4.79 Å². The highest BCUT2D eigenvalue weighted by Gasteiger charge is 2.12. The number of rotatable bonds is 5. The van der Waals surface area contributed by atoms with Crippen molar-refractivity contribution in [3.05, 3.63) is 107 Å². The van der Waals surface area contributed by atoms with Crippen LogP contribution in [-0.2, 0) is 0 Å². The number of hydrogen-bond acceptors (Lipinski definition) is 1. The fraction of sp³-hybridized carbons (Fsp3) is 0.0870. The van der Waals surface area contributed by atoms with Gasteiger partial charge in [0, 0.05) is 5.56 Å². The molecule has 3 aromatic carbocycles. The van der Waals surface area contributed by atoms with Gasteiger partial charge in [0.15, 0.2) is 0 Å². The largest absolute Gasteiger partial charge is 0.298 e. The molecule has 0 amide bonds. The van der Waals surface area contributed by atoms with Gasteiger partial charge in [-0.1, -0.05) is 91.9 Å². The molecular weight excluding hydrogens is 292 g/mol. The van der Waals surface area contributed by atoms with Gasteiger partial charge in [0.05, 0.1) is 0 Å². The first-order valence-corrected chi connectivity index (χ1v) is 8.23. The predicted molar refractivity (Wildman–Crippen MR) is 101 cm³/mol. The van der Waals surface area contributed by atoms with E-state index in [0.717, 1.165) is 18.3 Å². The van der Waals surface area contributed by atoms with Crippen LogP contribution in [0, 0.1) is 0 Å². The van der Waals surface area contributed by atoms with Crippen molar-refractivity contribution < 1.29 is 4.79 Å². The Labute approximate surface area is 143 Å². The van der Waals surface area contributed by atoms with Gasteiger partial charge in [-0.3, -0.25) is 4.79 Å². The number of hydrogen-bond donors (Lipinski definition) is 0. The molecule has 1 nitrogen and oxygen atoms in total. The van der Waals surface area contributed by atoms with Crippen molar-refractivity contribution in [2.45, 2.75) is 13.3 Å². The Balaban J connectivity index is 2.24. The average Bonchev–Trinajstić information content (AvgIpc) is 2.67. The normalized spacial score (nSPS) is 11.7. The number of benzene rings is 3. The maximum Gasteiger partial charge on any atom is 0.150 e. The summed E-state index contributed by atoms with van der Waals surface area (Å²) in [5.74, 6) is 0. The molecule has 0 aliphatic rings. The lowest BCUT2D eigenvalue weighted by atomic mass is 9.88. The molecule has 1 heteroatoms. The molecule has 0 spiro atoms. The molecule has 0 radical (unpaired) electrons. The van der Waals surface area contributed by atoms with Gasteiger partial charge in [0.1, 0.15) is 6.29 Å². The van der Waals surface area contributed by atoms with E-state index in [0.29, 0.717) is 5.56 Å². The van der Waals surface area contributed by atoms with Crippen molar-refractivity contribution in [1.29, 1.82) is 0 Å². The number of allylic oxidation sites excluding steroid dienone is 1. The smallest absolute Gasteiger partial charge is 0.150 e. The van der Waals surface area contributed by atoms with Gasteiger partial charge in [-0.05, 0) is 34.3 Å². The highest BCUT2D eigenvalue weighted by Crippen LogP contribution is 2.34. The lowest BCUT2D eigenvalue weighted by Gasteiger charge is -2.16. The molecule has 118 valence electrons. The quantitative estimate of drug-likeness (QED) is 0.425. The summed E-state index contributed by atoms with van der Waals surface area (Å²) in [6.45, 7) is 2.19. The summed E-state index contributed by atoms with van der Waals surface area (Å²) >= 11 is 0. The zero-order valence-electron chi connectivity index (χ0n) is 13.8. The van der Waals surface area contributed by atoms with Crippen LogP contribution in [0.25, 0.3) is 11.1 Å². The predicted octanol–water partition coefficient (Wildman–Crippen LogP) is 5.87. The fourth-order valence-corrected chi connectivity index (χ4v) is 3.01. The van der Waals surface area contributed by atoms with E-state index in [1.807, 2.05) is 36.4 Å². The van der Waals surface area contributed by atoms with Crippen molar-refractivity contribution >= 4 is 17.4 Å². The SMILES string of the molecule is CC/C(=C(\c1ccccc1)c1ccc(C=O)cc1)c1ccccc1. The molecule has 0 heterocycles. The van der Waals surface area contributed by atoms with Gasteiger partial charge in [-0.2, -0.15) is 0 Å². The summed E-state index contributed by atoms with van der Waals surface area (Å²) in [7, 11) is 0. The lowest BCUT2D eigenvalue weighted by molar-refractivity contribution is 0.112. The first-order chi connectivity index (χ1) is 11.8. The summed E-state index contributed by atoms with van der Waals surface area (Å²) < 4.78 is 0. The molecule has 3 rings (SSSR count). The second-order valence-corrected chi connectivity index (χ2v) is 5.68. The van der Waals surface area contributed by atoms with Gasteiger partial charge < -0.3 is 0 Å². The molecule has 24 heavy (non-hydrogen) atoms. The second-order valence-electron chi connectivity index (χ2n) is 5.68. The molecule has 0 saturated carbocycles. The van der Waals surface area contributed by atoms with Crippen LogP contribution in [0.5, 0.6) is 0 Å². The van der Waals surface area contributed by atoms with Gasteiger partial charge in [-0.25, -0.2) is 0 Å². The van der Waals surface area contributed by atoms with Crippen LogP contribution in [0.15, 0.2) is 84.9 Å². The Kier molecular flexibility index (Phi) is 5.02. The van der Waals surface area contributed by atoms with Crippen molar-refractivity contribution in [1.82, 2.24) is 0 Å². The first-order valence-electron chi connectivity index (χ1n) is 8.23. The van der Waals surface area contributed by atoms with Crippen LogP contribution in [0.4, 0.5) is 0 Å². The summed E-state index contributed by atoms with van der Waals surface area (Å²) in [6, 6.07) is 28.8. The fourth-order valence-electron chi connectivity index (χ4n) is 3.01. The van der Waals surface area contributed by atoms with Crippen LogP contribution in [-0.4, -0.2) is 6.29 Å². The van der Waals surface area contributed by atoms with Crippen LogP contribution in [0.1, 0.15) is 40.4 Å². The number of carbonyl (C=O) groups excluding carboxylic acids is 1. The molecule has 0 fully saturated rings. The third kappa shape index (κ3) is 3.36. The minimum atomic E-state index is 0.698. The summed E-state index contributed by atoms with van der Waals surface area (Å²) in [4.78, 5) is 11.0. The summed E-state index contributed by atoms with van der Waals surface area (Å²) in [5.41, 5.74) is 6.79. The molecule has 0 atom stereocenters. The third-order valence-electron chi connectivity index (χ3n) is 4.18. The molecule has 0 aromatic heterocycles. The Hall–Kier alpha value is -2.93. The van der Waals surface area contributed by atoms with Gasteiger partial charge in [0.2, 0.25) is 0 Å². The Bertz CT molecular complexity index is 828. The molecule has 0 aliphatic heterocycles. The number of aldehydes is 1. The number of carbonyl (C=O) groups is 1. The summed E-state index contributed by atoms with van der Waals surface area (Å²) in [6.07, 6.45) is 1.82. The topological polar surface area (TPSA) is 17.1 Å². The van der Waals surface area contributed by atoms with E-state index in [1.54, 1.807) is 0 Å². The van der Waals surface area contributed by atoms with E-state index in [-0.39, 0.29) is 0 Å². The minimum absolute atomic E-state index is 0.698. The van der Waals surface area contributed by atoms with Gasteiger partial charge in [-0.15, -0.1) is 0 Å². The highest BCUT2D eigenvalue weighted by molar-refractivity contribution is 5.98. The maximum atomic E-state index is 11.0. The maximum absolute atomic E-state index is 11.0. The van der Waals surface area contributed by atoms with E-state index in [4.69, 9.17) is 0 Å². The summed E-state index contributed by atoms with van der Waals surface area (Å²) in [5, 5.41) is 0. The molecule has 0 unspecified atom stereocenters. The second kappa shape index (κ2) is 7.56. The first kappa shape index (κ1) is 15.9. The van der Waals surface area contributed by atoms with Gasteiger partial charge in [0.25, 0.3) is 0 Å². The molecule has 3 aromatic rings. The van der Waals surface area contributed by atoms with Crippen LogP contribution in [0.3, 0.4) is 0 Å². The standard InChI is InChI=1S/C23H20O/c1-2-22(19-9-5-3-6-10-19)23(20-11-7-4-8-12-20)21-15-13-18(17-24)14-16-21/h3-17H,2H2,1H3/b23-22-. The van der Waals surface area contributed by atoms with Crippen LogP contribution >= 0.6 is 0 Å². The highest BCUT2D eigenvalue weighted by atomic mass is 16.1. The monoisotopic (exact) mass is 312 g/mol. The van der Waals surface area contributed by atoms with E-state index >= 15 is 0 Å². The Morgan fingerprint density at radius 3 is 1.71 bits per heavy atom. The Morgan fingerprint density at radius 2 is 1.21 bits per heavy atom.